The van der Waals surface area contributed by atoms with Gasteiger partial charge in [0.15, 0.2) is 0 Å². The number of sulfonamides is 1. The van der Waals surface area contributed by atoms with Gasteiger partial charge in [0.25, 0.3) is 0 Å². The monoisotopic (exact) mass is 605 g/mol. The first-order valence-corrected chi connectivity index (χ1v) is 8.89. The number of nitrogens with zero attached hydrogens (tertiary/aromatic N) is 2. The van der Waals surface area contributed by atoms with Gasteiger partial charge in [0.05, 0.1) is 6.26 Å². The van der Waals surface area contributed by atoms with Crippen molar-refractivity contribution in [3.05, 3.63) is 13.0 Å². The summed E-state index contributed by atoms with van der Waals surface area (Å²) in [6.07, 6.45) is 3.33. The van der Waals surface area contributed by atoms with Crippen LogP contribution in [0, 0.1) is 18.4 Å². The third-order valence-corrected chi connectivity index (χ3v) is 5.04. The predicted molar refractivity (Wildman–Crippen MR) is 83.7 cm³/mol. The number of hydrogen-bond donors (Lipinski definition) is 1. The maximum Gasteiger partial charge on any atom is 0.209 e. The molecule has 1 heterocycles. The van der Waals surface area contributed by atoms with Crippen LogP contribution in [0.4, 0.5) is 0 Å². The Bertz CT molecular complexity index is 530. The van der Waals surface area contributed by atoms with Gasteiger partial charge < -0.3 is 21.9 Å². The van der Waals surface area contributed by atoms with Crippen molar-refractivity contribution < 1.29 is 73.2 Å². The van der Waals surface area contributed by atoms with Gasteiger partial charge in [-0.1, -0.05) is 32.5 Å². The SMILES string of the molecule is [3H]C(=O)N1CCC([CH2-])(CN[C-](C)CN(C[C-]=O)S(C)(=O)=O)CC1.[W].[Y]. The molecule has 0 aromatic carbocycles. The smallest absolute Gasteiger partial charge is 0.209 e. The fourth-order valence-electron chi connectivity index (χ4n) is 2.27. The second kappa shape index (κ2) is 12.2. The van der Waals surface area contributed by atoms with E-state index in [-0.39, 0.29) is 72.3 Å². The van der Waals surface area contributed by atoms with E-state index in [1.54, 1.807) is 13.2 Å². The second-order valence-electron chi connectivity index (χ2n) is 5.89. The Morgan fingerprint density at radius 3 is 2.46 bits per heavy atom. The van der Waals surface area contributed by atoms with Gasteiger partial charge in [-0.05, 0) is 0 Å². The normalized spacial score (nSPS) is 17.7. The maximum atomic E-state index is 11.6. The topological polar surface area (TPSA) is 86.8 Å². The molecule has 137 valence electrons. The Morgan fingerprint density at radius 2 is 2.04 bits per heavy atom. The van der Waals surface area contributed by atoms with Gasteiger partial charge in [0.2, 0.25) is 16.4 Å². The van der Waals surface area contributed by atoms with Gasteiger partial charge in [-0.15, -0.1) is 5.41 Å². The summed E-state index contributed by atoms with van der Waals surface area (Å²) in [7, 11) is -3.47. The van der Waals surface area contributed by atoms with Crippen molar-refractivity contribution in [1.82, 2.24) is 14.5 Å². The van der Waals surface area contributed by atoms with E-state index in [2.05, 4.69) is 12.2 Å². The molecule has 0 saturated carbocycles. The van der Waals surface area contributed by atoms with Crippen LogP contribution in [-0.2, 0) is 73.4 Å². The summed E-state index contributed by atoms with van der Waals surface area (Å²) in [6.45, 7) is 7.30. The van der Waals surface area contributed by atoms with Crippen LogP contribution in [0.25, 0.3) is 0 Å². The van der Waals surface area contributed by atoms with Crippen LogP contribution in [-0.4, -0.2) is 69.3 Å². The van der Waals surface area contributed by atoms with Crippen LogP contribution in [0.1, 0.15) is 21.1 Å². The van der Waals surface area contributed by atoms with E-state index < -0.39 is 16.4 Å². The average Bonchev–Trinajstić information content (AvgIpc) is 2.44. The average molecular weight is 605 g/mol. The largest absolute Gasteiger partial charge is 0.541 e. The number of nitrogens with one attached hydrogen (secondary N) is 1. The number of amides is 1. The number of likely N-dealkylation sites (tertiary alicyclic amines) is 1. The molecular formula is C14H24N3O4SWY-3. The molecule has 0 atom stereocenters. The zero-order valence-corrected chi connectivity index (χ0v) is 20.7. The molecule has 24 heavy (non-hydrogen) atoms. The first kappa shape index (κ1) is 24.8. The zero-order chi connectivity index (χ0) is 17.7. The molecule has 0 aliphatic carbocycles. The number of hydrogen-bond acceptors (Lipinski definition) is 5. The molecule has 1 aliphatic heterocycles. The third kappa shape index (κ3) is 9.49. The number of piperidine rings is 1. The molecule has 1 aliphatic rings. The Kier molecular flexibility index (Phi) is 12.6. The van der Waals surface area contributed by atoms with Gasteiger partial charge in [-0.25, -0.2) is 20.7 Å². The summed E-state index contributed by atoms with van der Waals surface area (Å²) in [5.41, 5.74) is -0.264. The minimum atomic E-state index is -3.47. The molecule has 7 nitrogen and oxygen atoms in total. The van der Waals surface area contributed by atoms with Crippen molar-refractivity contribution in [2.75, 3.05) is 39.0 Å². The molecule has 1 radical (unpaired) electrons. The summed E-state index contributed by atoms with van der Waals surface area (Å²) in [6, 6.07) is 0.715. The molecule has 1 rings (SSSR count). The Hall–Kier alpha value is 0.802. The van der Waals surface area contributed by atoms with Crippen LogP contribution in [0.3, 0.4) is 0 Å². The fraction of sp³-hybridized carbons (Fsp3) is 0.714. The Labute approximate surface area is 186 Å². The summed E-state index contributed by atoms with van der Waals surface area (Å²) >= 11 is 0. The van der Waals surface area contributed by atoms with Crippen molar-refractivity contribution >= 4 is 22.7 Å². The summed E-state index contributed by atoms with van der Waals surface area (Å²) in [5, 5.41) is 3.17. The standard InChI is InChI=1S/C14H24N3O4S.W.Y/c1-13(10-17(8-9-18)22(3,20)21)15-11-14(2)4-6-16(12-19)7-5-14;;/h12,15H,2,4-8,10-11H2,1,3H3;;/q-3;;/i12T;;. The number of carbonyl (C=O) groups is 1. The van der Waals surface area contributed by atoms with E-state index in [4.69, 9.17) is 1.37 Å². The van der Waals surface area contributed by atoms with Crippen molar-refractivity contribution in [3.63, 3.8) is 0 Å². The number of carbonyl (C=O) groups excluding carboxylic acids is 2. The minimum Gasteiger partial charge on any atom is -0.541 e. The van der Waals surface area contributed by atoms with E-state index >= 15 is 0 Å². The van der Waals surface area contributed by atoms with Crippen molar-refractivity contribution in [1.29, 1.82) is 0 Å². The molecule has 1 fully saturated rings. The van der Waals surface area contributed by atoms with E-state index in [0.717, 1.165) is 10.6 Å². The summed E-state index contributed by atoms with van der Waals surface area (Å²) < 4.78 is 31.3. The third-order valence-electron chi connectivity index (χ3n) is 3.84. The van der Waals surface area contributed by atoms with E-state index in [1.807, 2.05) is 0 Å². The minimum absolute atomic E-state index is 0. The van der Waals surface area contributed by atoms with Crippen LogP contribution >= 0.6 is 0 Å². The Balaban J connectivity index is 0. The molecule has 1 N–H and O–H groups in total. The molecular weight excluding hydrogens is 579 g/mol. The van der Waals surface area contributed by atoms with Crippen molar-refractivity contribution in [2.24, 2.45) is 5.41 Å². The Morgan fingerprint density at radius 1 is 1.50 bits per heavy atom. The molecule has 0 bridgehead atoms. The van der Waals surface area contributed by atoms with Gasteiger partial charge >= 0.3 is 0 Å². The van der Waals surface area contributed by atoms with Crippen LogP contribution in [0.15, 0.2) is 0 Å². The summed E-state index contributed by atoms with van der Waals surface area (Å²) in [5.74, 6) is 0. The zero-order valence-electron chi connectivity index (χ0n) is 15.1. The molecule has 0 unspecified atom stereocenters. The van der Waals surface area contributed by atoms with E-state index in [1.165, 1.54) is 4.90 Å². The van der Waals surface area contributed by atoms with Crippen LogP contribution in [0.5, 0.6) is 0 Å². The van der Waals surface area contributed by atoms with E-state index in [9.17, 15) is 18.0 Å². The van der Waals surface area contributed by atoms with Crippen molar-refractivity contribution in [3.8, 4) is 0 Å². The molecule has 10 heteroatoms. The van der Waals surface area contributed by atoms with E-state index in [0.29, 0.717) is 38.5 Å². The van der Waals surface area contributed by atoms with Crippen LogP contribution < -0.4 is 5.32 Å². The first-order valence-electron chi connectivity index (χ1n) is 7.55. The first-order chi connectivity index (χ1) is 10.6. The van der Waals surface area contributed by atoms with Gasteiger partial charge in [0.1, 0.15) is 1.37 Å². The molecule has 1 saturated heterocycles. The predicted octanol–water partition coefficient (Wildman–Crippen LogP) is -0.433. The van der Waals surface area contributed by atoms with Gasteiger partial charge in [-0.2, -0.15) is 6.92 Å². The van der Waals surface area contributed by atoms with Crippen LogP contribution in [0.2, 0.25) is 0 Å². The quantitative estimate of drug-likeness (QED) is 0.300. The number of rotatable bonds is 8. The van der Waals surface area contributed by atoms with Crippen molar-refractivity contribution in [2.45, 2.75) is 19.8 Å². The van der Waals surface area contributed by atoms with Gasteiger partial charge in [0, 0.05) is 66.9 Å². The van der Waals surface area contributed by atoms with Gasteiger partial charge in [-0.3, -0.25) is 9.10 Å². The summed E-state index contributed by atoms with van der Waals surface area (Å²) in [4.78, 5) is 23.0. The molecule has 0 aromatic heterocycles. The maximum absolute atomic E-state index is 11.6. The fourth-order valence-corrected chi connectivity index (χ4v) is 2.99. The molecule has 1 amide bonds. The second-order valence-corrected chi connectivity index (χ2v) is 7.87. The molecule has 0 spiro atoms. The molecule has 0 aromatic rings.